The van der Waals surface area contributed by atoms with Gasteiger partial charge in [-0.1, -0.05) is 48.1 Å². The first kappa shape index (κ1) is 19.5. The number of likely N-dealkylation sites (tertiary alicyclic amines) is 1. The minimum absolute atomic E-state index is 0.246. The van der Waals surface area contributed by atoms with Crippen LogP contribution >= 0.6 is 23.1 Å². The molecule has 1 aliphatic heterocycles. The number of rotatable bonds is 6. The lowest BCUT2D eigenvalue weighted by molar-refractivity contribution is -0.134. The van der Waals surface area contributed by atoms with Crippen LogP contribution in [0.3, 0.4) is 0 Å². The van der Waals surface area contributed by atoms with Gasteiger partial charge in [0.25, 0.3) is 0 Å². The summed E-state index contributed by atoms with van der Waals surface area (Å²) >= 11 is 2.95. The topological polar surface area (TPSA) is 67.3 Å². The highest BCUT2D eigenvalue weighted by molar-refractivity contribution is 8.01. The van der Waals surface area contributed by atoms with Crippen LogP contribution in [0, 0.1) is 5.92 Å². The maximum absolute atomic E-state index is 12.8. The number of amides is 1. The molecule has 2 aromatic rings. The number of fused-ring (bicyclic) bond motifs is 1. The van der Waals surface area contributed by atoms with Crippen LogP contribution < -0.4 is 10.1 Å². The van der Waals surface area contributed by atoms with E-state index in [-0.39, 0.29) is 5.91 Å². The number of carbonyl (C=O) groups is 1. The second-order valence-corrected chi connectivity index (χ2v) is 9.53. The molecule has 1 saturated carbocycles. The molecule has 0 radical (unpaired) electrons. The molecule has 2 fully saturated rings. The number of methoxy groups -OCH3 is 1. The van der Waals surface area contributed by atoms with E-state index in [0.717, 1.165) is 34.7 Å². The second kappa shape index (κ2) is 9.13. The summed E-state index contributed by atoms with van der Waals surface area (Å²) in [5.41, 5.74) is 0.852. The molecule has 28 heavy (non-hydrogen) atoms. The van der Waals surface area contributed by atoms with Crippen molar-refractivity contribution in [2.75, 3.05) is 24.7 Å². The minimum Gasteiger partial charge on any atom is -0.495 e. The Balaban J connectivity index is 1.33. The van der Waals surface area contributed by atoms with Crippen LogP contribution in [0.1, 0.15) is 38.5 Å². The van der Waals surface area contributed by atoms with Gasteiger partial charge in [0.2, 0.25) is 11.0 Å². The molecule has 1 N–H and O–H groups in total. The molecule has 2 heterocycles. The summed E-state index contributed by atoms with van der Waals surface area (Å²) in [7, 11) is 1.64. The SMILES string of the molecule is COc1ccccc1Nc1nnc(SCC(=O)N2CCC[C@H]3CCCC[C@H]32)s1. The van der Waals surface area contributed by atoms with E-state index in [1.54, 1.807) is 7.11 Å². The number of thioether (sulfide) groups is 1. The highest BCUT2D eigenvalue weighted by Gasteiger charge is 2.35. The summed E-state index contributed by atoms with van der Waals surface area (Å²) in [6.45, 7) is 0.914. The van der Waals surface area contributed by atoms with Crippen LogP contribution in [-0.2, 0) is 4.79 Å². The van der Waals surface area contributed by atoms with Gasteiger partial charge in [-0.3, -0.25) is 4.79 Å². The van der Waals surface area contributed by atoms with Gasteiger partial charge in [-0.2, -0.15) is 0 Å². The van der Waals surface area contributed by atoms with Gasteiger partial charge < -0.3 is 15.0 Å². The highest BCUT2D eigenvalue weighted by Crippen LogP contribution is 2.36. The fourth-order valence-electron chi connectivity index (χ4n) is 4.32. The van der Waals surface area contributed by atoms with E-state index in [4.69, 9.17) is 4.74 Å². The lowest BCUT2D eigenvalue weighted by atomic mass is 9.78. The summed E-state index contributed by atoms with van der Waals surface area (Å²) < 4.78 is 6.16. The van der Waals surface area contributed by atoms with E-state index < -0.39 is 0 Å². The zero-order valence-corrected chi connectivity index (χ0v) is 17.7. The molecule has 1 amide bonds. The number of benzene rings is 1. The van der Waals surface area contributed by atoms with Gasteiger partial charge in [0.15, 0.2) is 4.34 Å². The number of para-hydroxylation sites is 2. The van der Waals surface area contributed by atoms with Crippen molar-refractivity contribution in [1.82, 2.24) is 15.1 Å². The molecule has 0 spiro atoms. The quantitative estimate of drug-likeness (QED) is 0.694. The van der Waals surface area contributed by atoms with E-state index in [9.17, 15) is 4.79 Å². The van der Waals surface area contributed by atoms with Gasteiger partial charge in [-0.25, -0.2) is 0 Å². The molecule has 4 rings (SSSR count). The van der Waals surface area contributed by atoms with Gasteiger partial charge in [-0.05, 0) is 43.7 Å². The summed E-state index contributed by atoms with van der Waals surface area (Å²) in [5.74, 6) is 2.16. The molecule has 1 aliphatic carbocycles. The first-order chi connectivity index (χ1) is 13.7. The summed E-state index contributed by atoms with van der Waals surface area (Å²) in [5, 5.41) is 12.4. The largest absolute Gasteiger partial charge is 0.495 e. The Morgan fingerprint density at radius 3 is 2.96 bits per heavy atom. The molecule has 1 aromatic carbocycles. The molecule has 1 saturated heterocycles. The third-order valence-electron chi connectivity index (χ3n) is 5.64. The molecule has 2 aliphatic rings. The van der Waals surface area contributed by atoms with Gasteiger partial charge in [-0.15, -0.1) is 10.2 Å². The number of nitrogens with one attached hydrogen (secondary N) is 1. The molecule has 0 unspecified atom stereocenters. The molecule has 2 atom stereocenters. The normalized spacial score (nSPS) is 21.8. The summed E-state index contributed by atoms with van der Waals surface area (Å²) in [6.07, 6.45) is 7.47. The average molecular weight is 419 g/mol. The van der Waals surface area contributed by atoms with Crippen molar-refractivity contribution in [3.63, 3.8) is 0 Å². The van der Waals surface area contributed by atoms with Crippen LogP contribution in [0.5, 0.6) is 5.75 Å². The van der Waals surface area contributed by atoms with Crippen molar-refractivity contribution in [2.45, 2.75) is 48.9 Å². The van der Waals surface area contributed by atoms with Crippen LogP contribution in [0.15, 0.2) is 28.6 Å². The van der Waals surface area contributed by atoms with Gasteiger partial charge in [0.05, 0.1) is 18.6 Å². The fraction of sp³-hybridized carbons (Fsp3) is 0.550. The van der Waals surface area contributed by atoms with Gasteiger partial charge in [0, 0.05) is 12.6 Å². The van der Waals surface area contributed by atoms with Crippen LogP contribution in [-0.4, -0.2) is 46.5 Å². The molecule has 6 nitrogen and oxygen atoms in total. The highest BCUT2D eigenvalue weighted by atomic mass is 32.2. The Labute approximate surface area is 174 Å². The summed E-state index contributed by atoms with van der Waals surface area (Å²) in [4.78, 5) is 15.0. The van der Waals surface area contributed by atoms with Crippen molar-refractivity contribution in [3.05, 3.63) is 24.3 Å². The molecule has 8 heteroatoms. The standard InChI is InChI=1S/C20H26N4O2S2/c1-26-17-11-5-3-9-15(17)21-19-22-23-20(28-19)27-13-18(25)24-12-6-8-14-7-2-4-10-16(14)24/h3,5,9,11,14,16H,2,4,6-8,10,12-13H2,1H3,(H,21,22)/t14-,16-/m1/s1. The fourth-order valence-corrected chi connectivity index (χ4v) is 5.97. The van der Waals surface area contributed by atoms with Crippen molar-refractivity contribution < 1.29 is 9.53 Å². The molecular weight excluding hydrogens is 392 g/mol. The molecular formula is C20H26N4O2S2. The van der Waals surface area contributed by atoms with Crippen molar-refractivity contribution in [3.8, 4) is 5.75 Å². The smallest absolute Gasteiger partial charge is 0.233 e. The summed E-state index contributed by atoms with van der Waals surface area (Å²) in [6, 6.07) is 8.17. The Morgan fingerprint density at radius 2 is 2.07 bits per heavy atom. The first-order valence-corrected chi connectivity index (χ1v) is 11.7. The van der Waals surface area contributed by atoms with Crippen LogP contribution in [0.25, 0.3) is 0 Å². The zero-order chi connectivity index (χ0) is 19.3. The lowest BCUT2D eigenvalue weighted by Gasteiger charge is -2.44. The van der Waals surface area contributed by atoms with E-state index >= 15 is 0 Å². The van der Waals surface area contributed by atoms with E-state index in [1.165, 1.54) is 55.2 Å². The first-order valence-electron chi connectivity index (χ1n) is 9.90. The minimum atomic E-state index is 0.246. The van der Waals surface area contributed by atoms with Crippen LogP contribution in [0.4, 0.5) is 10.8 Å². The Hall–Kier alpha value is -1.80. The van der Waals surface area contributed by atoms with Crippen molar-refractivity contribution in [1.29, 1.82) is 0 Å². The maximum Gasteiger partial charge on any atom is 0.233 e. The average Bonchev–Trinajstić information content (AvgIpc) is 3.19. The van der Waals surface area contributed by atoms with Crippen LogP contribution in [0.2, 0.25) is 0 Å². The Bertz CT molecular complexity index is 811. The monoisotopic (exact) mass is 418 g/mol. The van der Waals surface area contributed by atoms with Gasteiger partial charge in [0.1, 0.15) is 5.75 Å². The molecule has 0 bridgehead atoms. The molecule has 150 valence electrons. The second-order valence-electron chi connectivity index (χ2n) is 7.33. The predicted molar refractivity (Wildman–Crippen MR) is 114 cm³/mol. The number of anilines is 2. The number of nitrogens with zero attached hydrogens (tertiary/aromatic N) is 3. The maximum atomic E-state index is 12.8. The molecule has 1 aromatic heterocycles. The number of aromatic nitrogens is 2. The Kier molecular flexibility index (Phi) is 6.36. The number of ether oxygens (including phenoxy) is 1. The third-order valence-corrected chi connectivity index (χ3v) is 7.59. The number of hydrogen-bond acceptors (Lipinski definition) is 7. The number of piperidine rings is 1. The van der Waals surface area contributed by atoms with Crippen molar-refractivity contribution >= 4 is 39.8 Å². The third kappa shape index (κ3) is 4.43. The van der Waals surface area contributed by atoms with E-state index in [1.807, 2.05) is 24.3 Å². The Morgan fingerprint density at radius 1 is 1.25 bits per heavy atom. The lowest BCUT2D eigenvalue weighted by Crippen LogP contribution is -2.50. The van der Waals surface area contributed by atoms with Gasteiger partial charge >= 0.3 is 0 Å². The van der Waals surface area contributed by atoms with Crippen molar-refractivity contribution in [2.24, 2.45) is 5.92 Å². The number of hydrogen-bond donors (Lipinski definition) is 1. The number of carbonyl (C=O) groups excluding carboxylic acids is 1. The zero-order valence-electron chi connectivity index (χ0n) is 16.1. The van der Waals surface area contributed by atoms with E-state index in [2.05, 4.69) is 20.4 Å². The predicted octanol–water partition coefficient (Wildman–Crippen LogP) is 4.56. The van der Waals surface area contributed by atoms with E-state index in [0.29, 0.717) is 16.9 Å².